The zero-order valence-corrected chi connectivity index (χ0v) is 8.97. The molecule has 0 heterocycles. The molecule has 0 atom stereocenters. The highest BCUT2D eigenvalue weighted by atomic mass is 32.2. The minimum absolute atomic E-state index is 0.0247. The van der Waals surface area contributed by atoms with Crippen LogP contribution in [0.25, 0.3) is 0 Å². The van der Waals surface area contributed by atoms with E-state index < -0.39 is 10.0 Å². The Hall–Kier alpha value is 0.260. The Morgan fingerprint density at radius 2 is 1.91 bits per heavy atom. The summed E-state index contributed by atoms with van der Waals surface area (Å²) in [7, 11) is -3.03. The molecule has 0 amide bonds. The van der Waals surface area contributed by atoms with E-state index in [-0.39, 0.29) is 4.75 Å². The molecule has 0 spiro atoms. The van der Waals surface area contributed by atoms with E-state index in [2.05, 4.69) is 4.72 Å². The van der Waals surface area contributed by atoms with E-state index in [1.165, 1.54) is 6.26 Å². The molecule has 0 aromatic rings. The van der Waals surface area contributed by atoms with Crippen LogP contribution in [0.5, 0.6) is 0 Å². The van der Waals surface area contributed by atoms with Gasteiger partial charge in [-0.15, -0.1) is 0 Å². The van der Waals surface area contributed by atoms with Crippen LogP contribution >= 0.6 is 11.8 Å². The molecule has 0 saturated heterocycles. The molecule has 0 aliphatic rings. The average Bonchev–Trinajstić information content (AvgIpc) is 1.83. The normalized spacial score (nSPS) is 13.5. The number of nitrogens with one attached hydrogen (secondary N) is 1. The molecule has 68 valence electrons. The number of hydrogen-bond acceptors (Lipinski definition) is 3. The first-order valence-electron chi connectivity index (χ1n) is 3.27. The number of sulfonamides is 1. The van der Waals surface area contributed by atoms with Crippen molar-refractivity contribution in [2.24, 2.45) is 0 Å². The molecule has 1 N–H and O–H groups in total. The van der Waals surface area contributed by atoms with Crippen LogP contribution in [0.15, 0.2) is 0 Å². The van der Waals surface area contributed by atoms with Gasteiger partial charge in [0.2, 0.25) is 10.0 Å². The van der Waals surface area contributed by atoms with Gasteiger partial charge in [0.1, 0.15) is 0 Å². The summed E-state index contributed by atoms with van der Waals surface area (Å²) < 4.78 is 23.8. The van der Waals surface area contributed by atoms with Crippen LogP contribution in [-0.4, -0.2) is 32.2 Å². The molecule has 11 heavy (non-hydrogen) atoms. The van der Waals surface area contributed by atoms with Crippen LogP contribution in [0.4, 0.5) is 0 Å². The molecule has 3 nitrogen and oxygen atoms in total. The lowest BCUT2D eigenvalue weighted by Gasteiger charge is -2.21. The summed E-state index contributed by atoms with van der Waals surface area (Å²) >= 11 is 1.64. The molecule has 0 rings (SSSR count). The molecular weight excluding hydrogens is 182 g/mol. The Labute approximate surface area is 73.0 Å². The van der Waals surface area contributed by atoms with Crippen molar-refractivity contribution in [3.05, 3.63) is 0 Å². The van der Waals surface area contributed by atoms with E-state index in [4.69, 9.17) is 0 Å². The SMILES string of the molecule is CSC(C)(C)CNS(C)(=O)=O. The summed E-state index contributed by atoms with van der Waals surface area (Å²) in [5.74, 6) is 0. The molecule has 0 fully saturated rings. The zero-order valence-electron chi connectivity index (χ0n) is 7.34. The first kappa shape index (κ1) is 11.3. The minimum atomic E-state index is -3.03. The molecule has 0 aliphatic heterocycles. The van der Waals surface area contributed by atoms with Crippen molar-refractivity contribution in [3.63, 3.8) is 0 Å². The van der Waals surface area contributed by atoms with Crippen molar-refractivity contribution >= 4 is 21.8 Å². The third-order valence-electron chi connectivity index (χ3n) is 1.31. The lowest BCUT2D eigenvalue weighted by atomic mass is 10.2. The lowest BCUT2D eigenvalue weighted by Crippen LogP contribution is -2.35. The number of thioether (sulfide) groups is 1. The molecule has 0 aromatic heterocycles. The Morgan fingerprint density at radius 1 is 1.45 bits per heavy atom. The van der Waals surface area contributed by atoms with Crippen LogP contribution < -0.4 is 4.72 Å². The highest BCUT2D eigenvalue weighted by Gasteiger charge is 2.17. The largest absolute Gasteiger partial charge is 0.214 e. The Kier molecular flexibility index (Phi) is 3.87. The average molecular weight is 197 g/mol. The van der Waals surface area contributed by atoms with E-state index in [1.54, 1.807) is 11.8 Å². The second kappa shape index (κ2) is 3.78. The predicted molar refractivity (Wildman–Crippen MR) is 50.4 cm³/mol. The Balaban J connectivity index is 3.90. The van der Waals surface area contributed by atoms with Crippen molar-refractivity contribution in [2.45, 2.75) is 18.6 Å². The Bertz CT molecular complexity index is 209. The first-order valence-corrected chi connectivity index (χ1v) is 6.38. The van der Waals surface area contributed by atoms with Crippen molar-refractivity contribution < 1.29 is 8.42 Å². The topological polar surface area (TPSA) is 46.2 Å². The third-order valence-corrected chi connectivity index (χ3v) is 3.23. The summed E-state index contributed by atoms with van der Waals surface area (Å²) in [5, 5.41) is 0. The van der Waals surface area contributed by atoms with Crippen molar-refractivity contribution in [2.75, 3.05) is 19.1 Å². The van der Waals surface area contributed by atoms with E-state index in [9.17, 15) is 8.42 Å². The van der Waals surface area contributed by atoms with Gasteiger partial charge < -0.3 is 0 Å². The van der Waals surface area contributed by atoms with E-state index >= 15 is 0 Å². The van der Waals surface area contributed by atoms with Gasteiger partial charge in [-0.2, -0.15) is 11.8 Å². The zero-order chi connectivity index (χ0) is 9.12. The van der Waals surface area contributed by atoms with Gasteiger partial charge in [0.15, 0.2) is 0 Å². The van der Waals surface area contributed by atoms with E-state index in [1.807, 2.05) is 20.1 Å². The van der Waals surface area contributed by atoms with E-state index in [0.717, 1.165) is 0 Å². The number of rotatable bonds is 4. The van der Waals surface area contributed by atoms with Crippen molar-refractivity contribution in [1.29, 1.82) is 0 Å². The van der Waals surface area contributed by atoms with Gasteiger partial charge >= 0.3 is 0 Å². The molecule has 0 bridgehead atoms. The van der Waals surface area contributed by atoms with E-state index in [0.29, 0.717) is 6.54 Å². The quantitative estimate of drug-likeness (QED) is 0.721. The van der Waals surface area contributed by atoms with Crippen LogP contribution in [0.3, 0.4) is 0 Å². The maximum absolute atomic E-state index is 10.7. The van der Waals surface area contributed by atoms with Crippen molar-refractivity contribution in [1.82, 2.24) is 4.72 Å². The Morgan fingerprint density at radius 3 is 2.18 bits per heavy atom. The van der Waals surface area contributed by atoms with Gasteiger partial charge in [-0.3, -0.25) is 0 Å². The highest BCUT2D eigenvalue weighted by molar-refractivity contribution is 8.00. The van der Waals surface area contributed by atoms with Gasteiger partial charge in [0.25, 0.3) is 0 Å². The second-order valence-corrected chi connectivity index (χ2v) is 6.40. The second-order valence-electron chi connectivity index (χ2n) is 3.06. The van der Waals surface area contributed by atoms with Crippen LogP contribution in [0.2, 0.25) is 0 Å². The highest BCUT2D eigenvalue weighted by Crippen LogP contribution is 2.19. The maximum Gasteiger partial charge on any atom is 0.208 e. The van der Waals surface area contributed by atoms with Gasteiger partial charge in [-0.1, -0.05) is 0 Å². The summed E-state index contributed by atoms with van der Waals surface area (Å²) in [6, 6.07) is 0. The summed E-state index contributed by atoms with van der Waals surface area (Å²) in [6.07, 6.45) is 3.13. The fourth-order valence-electron chi connectivity index (χ4n) is 0.377. The third kappa shape index (κ3) is 6.65. The molecular formula is C6H15NO2S2. The smallest absolute Gasteiger partial charge is 0.208 e. The summed E-state index contributed by atoms with van der Waals surface area (Å²) in [6.45, 7) is 4.47. The minimum Gasteiger partial charge on any atom is -0.214 e. The molecule has 0 saturated carbocycles. The summed E-state index contributed by atoms with van der Waals surface area (Å²) in [4.78, 5) is 0. The molecule has 5 heteroatoms. The fraction of sp³-hybridized carbons (Fsp3) is 1.00. The lowest BCUT2D eigenvalue weighted by molar-refractivity contribution is 0.576. The molecule has 0 unspecified atom stereocenters. The van der Waals surface area contributed by atoms with Crippen LogP contribution in [0, 0.1) is 0 Å². The van der Waals surface area contributed by atoms with Gasteiger partial charge in [-0.05, 0) is 20.1 Å². The predicted octanol–water partition coefficient (Wildman–Crippen LogP) is 0.677. The monoisotopic (exact) mass is 197 g/mol. The standard InChI is InChI=1S/C6H15NO2S2/c1-6(2,10-3)5-7-11(4,8)9/h7H,5H2,1-4H3. The molecule has 0 radical (unpaired) electrons. The van der Waals surface area contributed by atoms with Crippen LogP contribution in [0.1, 0.15) is 13.8 Å². The van der Waals surface area contributed by atoms with Gasteiger partial charge in [-0.25, -0.2) is 13.1 Å². The number of hydrogen-bond donors (Lipinski definition) is 1. The molecule has 0 aromatic carbocycles. The fourth-order valence-corrected chi connectivity index (χ4v) is 1.31. The van der Waals surface area contributed by atoms with Crippen molar-refractivity contribution in [3.8, 4) is 0 Å². The molecule has 0 aliphatic carbocycles. The van der Waals surface area contributed by atoms with Crippen LogP contribution in [-0.2, 0) is 10.0 Å². The maximum atomic E-state index is 10.7. The van der Waals surface area contributed by atoms with Gasteiger partial charge in [0, 0.05) is 11.3 Å². The first-order chi connectivity index (χ1) is 4.77. The summed E-state index contributed by atoms with van der Waals surface area (Å²) in [5.41, 5.74) is 0. The van der Waals surface area contributed by atoms with Gasteiger partial charge in [0.05, 0.1) is 6.26 Å².